The van der Waals surface area contributed by atoms with Gasteiger partial charge in [-0.3, -0.25) is 4.79 Å². The molecule has 1 aromatic carbocycles. The van der Waals surface area contributed by atoms with Gasteiger partial charge in [0.05, 0.1) is 29.7 Å². The van der Waals surface area contributed by atoms with Crippen molar-refractivity contribution in [3.63, 3.8) is 0 Å². The smallest absolute Gasteiger partial charge is 0.254 e. The second-order valence-electron chi connectivity index (χ2n) is 4.96. The van der Waals surface area contributed by atoms with Gasteiger partial charge in [-0.2, -0.15) is 5.26 Å². The van der Waals surface area contributed by atoms with Gasteiger partial charge in [0.25, 0.3) is 5.91 Å². The van der Waals surface area contributed by atoms with Crippen molar-refractivity contribution in [3.8, 4) is 11.9 Å². The van der Waals surface area contributed by atoms with Crippen LogP contribution in [0.4, 0.5) is 0 Å². The molecule has 1 aliphatic heterocycles. The van der Waals surface area contributed by atoms with Crippen molar-refractivity contribution in [2.45, 2.75) is 6.10 Å². The van der Waals surface area contributed by atoms with Crippen LogP contribution in [0.5, 0.6) is 5.88 Å². The SMILES string of the molecule is N#Cc1cccc(C(=O)N2CC(Oc3ccc(Cl)cn3)C2)c1. The van der Waals surface area contributed by atoms with E-state index in [0.717, 1.165) is 0 Å². The summed E-state index contributed by atoms with van der Waals surface area (Å²) in [6.07, 6.45) is 1.45. The Morgan fingerprint density at radius 1 is 1.36 bits per heavy atom. The maximum absolute atomic E-state index is 12.3. The lowest BCUT2D eigenvalue weighted by molar-refractivity contribution is 0.0160. The summed E-state index contributed by atoms with van der Waals surface area (Å²) >= 11 is 5.76. The third-order valence-electron chi connectivity index (χ3n) is 3.36. The van der Waals surface area contributed by atoms with E-state index in [-0.39, 0.29) is 12.0 Å². The summed E-state index contributed by atoms with van der Waals surface area (Å²) in [5.41, 5.74) is 0.992. The number of nitrogens with zero attached hydrogens (tertiary/aromatic N) is 3. The Labute approximate surface area is 132 Å². The number of nitriles is 1. The van der Waals surface area contributed by atoms with Gasteiger partial charge in [-0.05, 0) is 24.3 Å². The Morgan fingerprint density at radius 3 is 2.86 bits per heavy atom. The minimum atomic E-state index is -0.0963. The van der Waals surface area contributed by atoms with Gasteiger partial charge in [0.2, 0.25) is 5.88 Å². The molecule has 2 heterocycles. The Morgan fingerprint density at radius 2 is 2.18 bits per heavy atom. The molecule has 2 aromatic rings. The van der Waals surface area contributed by atoms with Gasteiger partial charge >= 0.3 is 0 Å². The first-order chi connectivity index (χ1) is 10.7. The molecule has 1 amide bonds. The largest absolute Gasteiger partial charge is 0.471 e. The number of rotatable bonds is 3. The van der Waals surface area contributed by atoms with Crippen LogP contribution in [0.15, 0.2) is 42.6 Å². The van der Waals surface area contributed by atoms with Gasteiger partial charge in [-0.15, -0.1) is 0 Å². The molecule has 22 heavy (non-hydrogen) atoms. The third-order valence-corrected chi connectivity index (χ3v) is 3.59. The number of aromatic nitrogens is 1. The fourth-order valence-corrected chi connectivity index (χ4v) is 2.30. The summed E-state index contributed by atoms with van der Waals surface area (Å²) in [6, 6.07) is 12.1. The monoisotopic (exact) mass is 313 g/mol. The Kier molecular flexibility index (Phi) is 3.94. The second kappa shape index (κ2) is 6.04. The molecule has 0 aliphatic carbocycles. The molecule has 1 aliphatic rings. The predicted molar refractivity (Wildman–Crippen MR) is 80.7 cm³/mol. The fraction of sp³-hybridized carbons (Fsp3) is 0.188. The van der Waals surface area contributed by atoms with Crippen molar-refractivity contribution in [2.75, 3.05) is 13.1 Å². The highest BCUT2D eigenvalue weighted by atomic mass is 35.5. The normalized spacial score (nSPS) is 14.1. The summed E-state index contributed by atoms with van der Waals surface area (Å²) in [7, 11) is 0. The fourth-order valence-electron chi connectivity index (χ4n) is 2.19. The molecule has 0 spiro atoms. The van der Waals surface area contributed by atoms with Crippen LogP contribution in [-0.2, 0) is 0 Å². The molecular weight excluding hydrogens is 302 g/mol. The molecule has 0 bridgehead atoms. The van der Waals surface area contributed by atoms with E-state index in [1.54, 1.807) is 41.3 Å². The van der Waals surface area contributed by atoms with Crippen LogP contribution >= 0.6 is 11.6 Å². The van der Waals surface area contributed by atoms with Crippen LogP contribution in [0.3, 0.4) is 0 Å². The molecule has 6 heteroatoms. The number of hydrogen-bond acceptors (Lipinski definition) is 4. The zero-order valence-electron chi connectivity index (χ0n) is 11.6. The standard InChI is InChI=1S/C16H12ClN3O2/c17-13-4-5-15(19-8-13)22-14-9-20(10-14)16(21)12-3-1-2-11(6-12)7-18/h1-6,8,14H,9-10H2. The topological polar surface area (TPSA) is 66.2 Å². The average molecular weight is 314 g/mol. The predicted octanol–water partition coefficient (Wildman–Crippen LogP) is 2.51. The molecule has 1 saturated heterocycles. The molecule has 110 valence electrons. The van der Waals surface area contributed by atoms with Gasteiger partial charge < -0.3 is 9.64 Å². The molecule has 3 rings (SSSR count). The van der Waals surface area contributed by atoms with Crippen molar-refractivity contribution in [1.29, 1.82) is 5.26 Å². The number of likely N-dealkylation sites (tertiary alicyclic amines) is 1. The number of pyridine rings is 1. The Hall–Kier alpha value is -2.58. The summed E-state index contributed by atoms with van der Waals surface area (Å²) in [5, 5.41) is 9.42. The second-order valence-corrected chi connectivity index (χ2v) is 5.39. The van der Waals surface area contributed by atoms with Crippen LogP contribution < -0.4 is 4.74 Å². The first kappa shape index (κ1) is 14.4. The number of carbonyl (C=O) groups excluding carboxylic acids is 1. The van der Waals surface area contributed by atoms with Gasteiger partial charge in [0, 0.05) is 17.8 Å². The first-order valence-corrected chi connectivity index (χ1v) is 7.11. The van der Waals surface area contributed by atoms with Gasteiger partial charge in [0.15, 0.2) is 0 Å². The van der Waals surface area contributed by atoms with Crippen LogP contribution in [0, 0.1) is 11.3 Å². The zero-order chi connectivity index (χ0) is 15.5. The van der Waals surface area contributed by atoms with Gasteiger partial charge in [-0.1, -0.05) is 17.7 Å². The van der Waals surface area contributed by atoms with Crippen LogP contribution in [0.1, 0.15) is 15.9 Å². The van der Waals surface area contributed by atoms with Crippen LogP contribution in [0.25, 0.3) is 0 Å². The Bertz CT molecular complexity index is 734. The molecule has 0 unspecified atom stereocenters. The summed E-state index contributed by atoms with van der Waals surface area (Å²) in [5.74, 6) is 0.397. The number of ether oxygens (including phenoxy) is 1. The van der Waals surface area contributed by atoms with Gasteiger partial charge in [0.1, 0.15) is 6.10 Å². The summed E-state index contributed by atoms with van der Waals surface area (Å²) < 4.78 is 5.65. The van der Waals surface area contributed by atoms with Gasteiger partial charge in [-0.25, -0.2) is 4.98 Å². The quantitative estimate of drug-likeness (QED) is 0.873. The minimum absolute atomic E-state index is 0.0724. The lowest BCUT2D eigenvalue weighted by atomic mass is 10.1. The molecule has 5 nitrogen and oxygen atoms in total. The van der Waals surface area contributed by atoms with Crippen molar-refractivity contribution in [1.82, 2.24) is 9.88 Å². The van der Waals surface area contributed by atoms with E-state index in [2.05, 4.69) is 4.98 Å². The van der Waals surface area contributed by atoms with Crippen molar-refractivity contribution in [3.05, 3.63) is 58.7 Å². The number of amides is 1. The number of benzene rings is 1. The highest BCUT2D eigenvalue weighted by Crippen LogP contribution is 2.20. The van der Waals surface area contributed by atoms with E-state index in [9.17, 15) is 4.79 Å². The van der Waals surface area contributed by atoms with E-state index in [1.165, 1.54) is 6.20 Å². The average Bonchev–Trinajstić information content (AvgIpc) is 2.51. The number of carbonyl (C=O) groups is 1. The third kappa shape index (κ3) is 3.02. The molecule has 1 fully saturated rings. The minimum Gasteiger partial charge on any atom is -0.471 e. The van der Waals surface area contributed by atoms with Crippen LogP contribution in [0.2, 0.25) is 5.02 Å². The van der Waals surface area contributed by atoms with Crippen molar-refractivity contribution in [2.24, 2.45) is 0 Å². The highest BCUT2D eigenvalue weighted by Gasteiger charge is 2.33. The van der Waals surface area contributed by atoms with Crippen molar-refractivity contribution >= 4 is 17.5 Å². The van der Waals surface area contributed by atoms with E-state index < -0.39 is 0 Å². The van der Waals surface area contributed by atoms with E-state index in [0.29, 0.717) is 35.1 Å². The van der Waals surface area contributed by atoms with E-state index >= 15 is 0 Å². The maximum Gasteiger partial charge on any atom is 0.254 e. The van der Waals surface area contributed by atoms with Crippen LogP contribution in [-0.4, -0.2) is 35.0 Å². The summed E-state index contributed by atoms with van der Waals surface area (Å²) in [4.78, 5) is 18.0. The lowest BCUT2D eigenvalue weighted by Crippen LogP contribution is -2.56. The zero-order valence-corrected chi connectivity index (χ0v) is 12.3. The maximum atomic E-state index is 12.3. The first-order valence-electron chi connectivity index (χ1n) is 6.73. The van der Waals surface area contributed by atoms with E-state index in [4.69, 9.17) is 21.6 Å². The molecule has 0 radical (unpaired) electrons. The van der Waals surface area contributed by atoms with E-state index in [1.807, 2.05) is 6.07 Å². The summed E-state index contributed by atoms with van der Waals surface area (Å²) in [6.45, 7) is 1.000. The number of hydrogen-bond donors (Lipinski definition) is 0. The Balaban J connectivity index is 1.57. The number of halogens is 1. The lowest BCUT2D eigenvalue weighted by Gasteiger charge is -2.38. The highest BCUT2D eigenvalue weighted by molar-refractivity contribution is 6.30. The molecule has 0 saturated carbocycles. The molecule has 0 atom stereocenters. The van der Waals surface area contributed by atoms with Crippen molar-refractivity contribution < 1.29 is 9.53 Å². The molecule has 1 aromatic heterocycles. The molecule has 0 N–H and O–H groups in total. The molecular formula is C16H12ClN3O2.